The molecule has 0 saturated heterocycles. The molecule has 4 nitrogen and oxygen atoms in total. The zero-order chi connectivity index (χ0) is 14.2. The maximum atomic E-state index is 11.4. The fourth-order valence-electron chi connectivity index (χ4n) is 1.59. The minimum Gasteiger partial charge on any atom is -0.478 e. The number of carbonyl (C=O) groups is 2. The molecule has 19 heavy (non-hydrogen) atoms. The quantitative estimate of drug-likeness (QED) is 0.594. The van der Waals surface area contributed by atoms with E-state index in [0.717, 1.165) is 0 Å². The summed E-state index contributed by atoms with van der Waals surface area (Å²) in [5.74, 6) is -0.830. The van der Waals surface area contributed by atoms with Gasteiger partial charge in [-0.2, -0.15) is 0 Å². The first-order valence-electron chi connectivity index (χ1n) is 4.92. The maximum Gasteiger partial charge on any atom is 0.338 e. The molecule has 0 saturated carbocycles. The molecule has 0 amide bonds. The lowest BCUT2D eigenvalue weighted by Gasteiger charge is -2.10. The molecule has 0 aliphatic rings. The first-order chi connectivity index (χ1) is 8.95. The number of carboxylic acids is 1. The molecule has 1 heterocycles. The van der Waals surface area contributed by atoms with Crippen LogP contribution < -0.4 is 0 Å². The fourth-order valence-corrected chi connectivity index (χ4v) is 3.17. The summed E-state index contributed by atoms with van der Waals surface area (Å²) in [7, 11) is 0. The summed E-state index contributed by atoms with van der Waals surface area (Å²) in [5, 5.41) is 9.35. The first-order valence-corrected chi connectivity index (χ1v) is 6.88. The number of hydrogen-bond donors (Lipinski definition) is 1. The molecule has 0 aliphatic carbocycles. The Morgan fingerprint density at radius 2 is 2.00 bits per heavy atom. The third-order valence-corrected chi connectivity index (χ3v) is 4.25. The van der Waals surface area contributed by atoms with Crippen molar-refractivity contribution in [2.24, 2.45) is 0 Å². The van der Waals surface area contributed by atoms with Gasteiger partial charge in [0.25, 0.3) is 0 Å². The Bertz CT molecular complexity index is 679. The average Bonchev–Trinajstić information content (AvgIpc) is 2.81. The van der Waals surface area contributed by atoms with Crippen LogP contribution in [-0.4, -0.2) is 17.4 Å². The van der Waals surface area contributed by atoms with Crippen LogP contribution in [0.1, 0.15) is 20.9 Å². The highest BCUT2D eigenvalue weighted by Crippen LogP contribution is 2.40. The molecule has 0 atom stereocenters. The van der Waals surface area contributed by atoms with Crippen LogP contribution in [0.5, 0.6) is 0 Å². The number of hydrogen-bond acceptors (Lipinski definition) is 3. The monoisotopic (exact) mass is 406 g/mol. The Labute approximate surface area is 129 Å². The SMILES string of the molecule is O=Cc1ccc(-c2c(Br)cc(Br)c(Cl)c2C(=O)O)o1. The minimum atomic E-state index is -1.19. The van der Waals surface area contributed by atoms with Gasteiger partial charge in [-0.1, -0.05) is 11.6 Å². The van der Waals surface area contributed by atoms with Gasteiger partial charge in [0, 0.05) is 14.5 Å². The molecule has 2 aromatic rings. The lowest BCUT2D eigenvalue weighted by atomic mass is 10.1. The van der Waals surface area contributed by atoms with Crippen molar-refractivity contribution in [3.63, 3.8) is 0 Å². The number of carboxylic acid groups (broad SMARTS) is 1. The molecule has 1 aromatic carbocycles. The van der Waals surface area contributed by atoms with Crippen molar-refractivity contribution in [3.05, 3.63) is 43.5 Å². The Hall–Kier alpha value is -1.11. The Kier molecular flexibility index (Phi) is 4.13. The van der Waals surface area contributed by atoms with E-state index in [-0.39, 0.29) is 27.7 Å². The summed E-state index contributed by atoms with van der Waals surface area (Å²) in [5.41, 5.74) is 0.184. The zero-order valence-corrected chi connectivity index (χ0v) is 13.0. The summed E-state index contributed by atoms with van der Waals surface area (Å²) in [6.45, 7) is 0. The molecule has 1 aromatic heterocycles. The molecule has 0 aliphatic heterocycles. The van der Waals surface area contributed by atoms with Crippen LogP contribution in [-0.2, 0) is 0 Å². The van der Waals surface area contributed by atoms with Gasteiger partial charge in [0.15, 0.2) is 12.0 Å². The van der Waals surface area contributed by atoms with Gasteiger partial charge >= 0.3 is 5.97 Å². The topological polar surface area (TPSA) is 67.5 Å². The first kappa shape index (κ1) is 14.3. The number of aromatic carboxylic acids is 1. The molecule has 0 bridgehead atoms. The van der Waals surface area contributed by atoms with E-state index in [1.165, 1.54) is 12.1 Å². The number of furan rings is 1. The van der Waals surface area contributed by atoms with Crippen LogP contribution in [0.3, 0.4) is 0 Å². The third-order valence-electron chi connectivity index (χ3n) is 2.37. The van der Waals surface area contributed by atoms with Gasteiger partial charge in [-0.25, -0.2) is 4.79 Å². The summed E-state index contributed by atoms with van der Waals surface area (Å²) in [4.78, 5) is 22.0. The van der Waals surface area contributed by atoms with Gasteiger partial charge in [0.1, 0.15) is 5.76 Å². The molecule has 0 unspecified atom stereocenters. The Morgan fingerprint density at radius 3 is 2.53 bits per heavy atom. The van der Waals surface area contributed by atoms with Crippen molar-refractivity contribution < 1.29 is 19.1 Å². The number of rotatable bonds is 3. The lowest BCUT2D eigenvalue weighted by Crippen LogP contribution is -2.02. The second-order valence-electron chi connectivity index (χ2n) is 3.53. The molecule has 1 N–H and O–H groups in total. The Balaban J connectivity index is 2.78. The van der Waals surface area contributed by atoms with Crippen molar-refractivity contribution in [2.75, 3.05) is 0 Å². The summed E-state index contributed by atoms with van der Waals surface area (Å²) >= 11 is 12.4. The van der Waals surface area contributed by atoms with Crippen molar-refractivity contribution in [1.29, 1.82) is 0 Å². The fraction of sp³-hybridized carbons (Fsp3) is 0. The molecule has 98 valence electrons. The average molecular weight is 408 g/mol. The number of aldehydes is 1. The molecule has 2 rings (SSSR count). The molecule has 0 fully saturated rings. The summed E-state index contributed by atoms with van der Waals surface area (Å²) in [6, 6.07) is 4.59. The van der Waals surface area contributed by atoms with E-state index in [1.54, 1.807) is 6.07 Å². The molecule has 7 heteroatoms. The highest BCUT2D eigenvalue weighted by atomic mass is 79.9. The highest BCUT2D eigenvalue weighted by molar-refractivity contribution is 9.11. The number of benzene rings is 1. The van der Waals surface area contributed by atoms with Crippen LogP contribution in [0.25, 0.3) is 11.3 Å². The zero-order valence-electron chi connectivity index (χ0n) is 9.12. The second kappa shape index (κ2) is 5.48. The van der Waals surface area contributed by atoms with Gasteiger partial charge < -0.3 is 9.52 Å². The predicted octanol–water partition coefficient (Wildman–Crippen LogP) is 4.64. The summed E-state index contributed by atoms with van der Waals surface area (Å²) in [6.07, 6.45) is 0.540. The summed E-state index contributed by atoms with van der Waals surface area (Å²) < 4.78 is 6.19. The molecular formula is C12H5Br2ClO4. The van der Waals surface area contributed by atoms with Crippen LogP contribution in [0.4, 0.5) is 0 Å². The van der Waals surface area contributed by atoms with E-state index in [4.69, 9.17) is 16.0 Å². The number of carbonyl (C=O) groups excluding carboxylic acids is 1. The largest absolute Gasteiger partial charge is 0.478 e. The standard InChI is InChI=1S/C12H5Br2ClO4/c13-6-3-7(14)11(15)10(12(17)18)9(6)8-2-1-5(4-16)19-8/h1-4H,(H,17,18). The van der Waals surface area contributed by atoms with E-state index in [1.807, 2.05) is 0 Å². The van der Waals surface area contributed by atoms with Gasteiger partial charge in [-0.3, -0.25) is 4.79 Å². The van der Waals surface area contributed by atoms with Crippen molar-refractivity contribution in [3.8, 4) is 11.3 Å². The van der Waals surface area contributed by atoms with Crippen molar-refractivity contribution in [2.45, 2.75) is 0 Å². The predicted molar refractivity (Wildman–Crippen MR) is 76.9 cm³/mol. The van der Waals surface area contributed by atoms with Gasteiger partial charge in [0.05, 0.1) is 10.6 Å². The molecule has 0 radical (unpaired) electrons. The van der Waals surface area contributed by atoms with E-state index in [9.17, 15) is 14.7 Å². The van der Waals surface area contributed by atoms with Crippen LogP contribution in [0.15, 0.2) is 31.6 Å². The van der Waals surface area contributed by atoms with E-state index in [2.05, 4.69) is 31.9 Å². The number of halogens is 3. The third kappa shape index (κ3) is 2.61. The molecular weight excluding hydrogens is 403 g/mol. The minimum absolute atomic E-state index is 0.0646. The maximum absolute atomic E-state index is 11.4. The lowest BCUT2D eigenvalue weighted by molar-refractivity contribution is 0.0697. The normalized spacial score (nSPS) is 10.5. The van der Waals surface area contributed by atoms with Crippen LogP contribution in [0.2, 0.25) is 5.02 Å². The highest BCUT2D eigenvalue weighted by Gasteiger charge is 2.23. The van der Waals surface area contributed by atoms with Crippen molar-refractivity contribution >= 4 is 55.7 Å². The second-order valence-corrected chi connectivity index (χ2v) is 5.62. The van der Waals surface area contributed by atoms with Crippen molar-refractivity contribution in [1.82, 2.24) is 0 Å². The van der Waals surface area contributed by atoms with Crippen LogP contribution in [0, 0.1) is 0 Å². The smallest absolute Gasteiger partial charge is 0.338 e. The van der Waals surface area contributed by atoms with Gasteiger partial charge in [-0.15, -0.1) is 0 Å². The van der Waals surface area contributed by atoms with Gasteiger partial charge in [0.2, 0.25) is 0 Å². The van der Waals surface area contributed by atoms with Gasteiger partial charge in [-0.05, 0) is 50.1 Å². The van der Waals surface area contributed by atoms with E-state index < -0.39 is 5.97 Å². The van der Waals surface area contributed by atoms with E-state index >= 15 is 0 Å². The Morgan fingerprint density at radius 1 is 1.32 bits per heavy atom. The molecule has 0 spiro atoms. The van der Waals surface area contributed by atoms with E-state index in [0.29, 0.717) is 15.2 Å². The van der Waals surface area contributed by atoms with Crippen LogP contribution >= 0.6 is 43.5 Å².